The van der Waals surface area contributed by atoms with Crippen LogP contribution in [0.25, 0.3) is 0 Å². The number of rotatable bonds is 9. The minimum atomic E-state index is -5.59. The highest BCUT2D eigenvalue weighted by atomic mass is 32.2. The molecule has 0 spiro atoms. The number of fused-ring (bicyclic) bond motifs is 2. The van der Waals surface area contributed by atoms with Crippen molar-refractivity contribution >= 4 is 45.7 Å². The van der Waals surface area contributed by atoms with Gasteiger partial charge in [0.25, 0.3) is 10.2 Å². The molecular formula is C24H24F3N5O10S. The van der Waals surface area contributed by atoms with Crippen LogP contribution in [0.1, 0.15) is 34.3 Å². The van der Waals surface area contributed by atoms with E-state index in [2.05, 4.69) is 9.73 Å². The van der Waals surface area contributed by atoms with Gasteiger partial charge >= 0.3 is 30.1 Å². The highest BCUT2D eigenvalue weighted by molar-refractivity contribution is 7.87. The van der Waals surface area contributed by atoms with Gasteiger partial charge in [0.2, 0.25) is 0 Å². The summed E-state index contributed by atoms with van der Waals surface area (Å²) in [5.41, 5.74) is 12.2. The van der Waals surface area contributed by atoms with Crippen molar-refractivity contribution in [1.29, 1.82) is 0 Å². The summed E-state index contributed by atoms with van der Waals surface area (Å²) in [5, 5.41) is 8.94. The Kier molecular flexibility index (Phi) is 10.3. The Hall–Kier alpha value is -4.75. The maximum Gasteiger partial charge on any atom is 0.491 e. The van der Waals surface area contributed by atoms with Gasteiger partial charge in [0.15, 0.2) is 17.5 Å². The summed E-state index contributed by atoms with van der Waals surface area (Å²) in [6.45, 7) is -0.497. The molecule has 0 bridgehead atoms. The maximum absolute atomic E-state index is 13.0. The van der Waals surface area contributed by atoms with Gasteiger partial charge in [-0.1, -0.05) is 12.1 Å². The van der Waals surface area contributed by atoms with Gasteiger partial charge in [-0.15, -0.1) is 0 Å². The smallest absolute Gasteiger partial charge is 0.489 e. The summed E-state index contributed by atoms with van der Waals surface area (Å²) in [4.78, 5) is 50.9. The first-order chi connectivity index (χ1) is 20.1. The minimum absolute atomic E-state index is 0.0172. The Balaban J connectivity index is 1.79. The number of hydrogen-bond acceptors (Lipinski definition) is 10. The lowest BCUT2D eigenvalue weighted by Crippen LogP contribution is -2.48. The number of nitrogens with two attached hydrogens (primary N) is 2. The molecule has 7 N–H and O–H groups in total. The van der Waals surface area contributed by atoms with Crippen molar-refractivity contribution in [2.75, 3.05) is 6.61 Å². The molecule has 0 aliphatic carbocycles. The number of alkyl halides is 3. The molecule has 1 atom stereocenters. The first-order valence-corrected chi connectivity index (χ1v) is 13.5. The van der Waals surface area contributed by atoms with E-state index in [-0.39, 0.29) is 35.2 Å². The number of guanidine groups is 1. The zero-order valence-corrected chi connectivity index (χ0v) is 22.7. The largest absolute Gasteiger partial charge is 0.491 e. The summed E-state index contributed by atoms with van der Waals surface area (Å²) in [7, 11) is -4.81. The summed E-state index contributed by atoms with van der Waals surface area (Å²) in [5.74, 6) is -7.87. The first kappa shape index (κ1) is 32.8. The predicted octanol–water partition coefficient (Wildman–Crippen LogP) is 0.535. The molecular weight excluding hydrogens is 607 g/mol. The monoisotopic (exact) mass is 631 g/mol. The molecule has 43 heavy (non-hydrogen) atoms. The predicted molar refractivity (Wildman–Crippen MR) is 139 cm³/mol. The van der Waals surface area contributed by atoms with Gasteiger partial charge in [-0.05, 0) is 42.7 Å². The lowest BCUT2D eigenvalue weighted by molar-refractivity contribution is -0.202. The molecule has 0 unspecified atom stereocenters. The van der Waals surface area contributed by atoms with E-state index in [1.807, 2.05) is 4.72 Å². The van der Waals surface area contributed by atoms with E-state index in [1.54, 1.807) is 10.8 Å². The number of benzene rings is 2. The number of nitrogens with one attached hydrogen (secondary N) is 2. The fourth-order valence-electron chi connectivity index (χ4n) is 3.71. The molecule has 232 valence electrons. The number of hydrogen-bond donors (Lipinski definition) is 5. The van der Waals surface area contributed by atoms with E-state index in [9.17, 15) is 40.8 Å². The van der Waals surface area contributed by atoms with Gasteiger partial charge in [0.1, 0.15) is 6.04 Å². The first-order valence-electron chi connectivity index (χ1n) is 12.1. The van der Waals surface area contributed by atoms with E-state index in [0.29, 0.717) is 24.1 Å². The van der Waals surface area contributed by atoms with Crippen molar-refractivity contribution < 1.29 is 60.1 Å². The molecule has 0 fully saturated rings. The van der Waals surface area contributed by atoms with Crippen molar-refractivity contribution in [2.24, 2.45) is 16.5 Å². The molecule has 0 radical (unpaired) electrons. The minimum Gasteiger partial charge on any atom is -0.489 e. The standard InChI is InChI=1S/C24H24F3N5O10S/c25-24(26,27)22(37)42-21(36)16(10-18(33)34)32-43(38,39)30-11-13-3-1-5-17-19(13)40-8-2-4-12-9-14(31-23(28)29)6-7-15(12)20(35)41-17/h1,3,5-7,9,16,30,32H,2,4,8,10-11H2,(H,33,34)(H4,28,29,31)/t16-/m0/s1. The second-order valence-corrected chi connectivity index (χ2v) is 10.3. The van der Waals surface area contributed by atoms with Crippen molar-refractivity contribution in [1.82, 2.24) is 9.44 Å². The number of nitrogens with zero attached hydrogens (tertiary/aromatic N) is 1. The second-order valence-electron chi connectivity index (χ2n) is 8.76. The van der Waals surface area contributed by atoms with Crippen LogP contribution in [0.4, 0.5) is 18.9 Å². The van der Waals surface area contributed by atoms with Crippen LogP contribution in [0.2, 0.25) is 0 Å². The van der Waals surface area contributed by atoms with Crippen LogP contribution in [0, 0.1) is 0 Å². The van der Waals surface area contributed by atoms with E-state index >= 15 is 0 Å². The topological polar surface area (TPSA) is 239 Å². The Labute approximate surface area is 241 Å². The quantitative estimate of drug-likeness (QED) is 0.0838. The molecule has 0 saturated carbocycles. The number of esters is 3. The molecule has 2 aromatic carbocycles. The Bertz CT molecular complexity index is 1560. The lowest BCUT2D eigenvalue weighted by atomic mass is 10.0. The third kappa shape index (κ3) is 9.38. The lowest BCUT2D eigenvalue weighted by Gasteiger charge is -2.20. The molecule has 19 heteroatoms. The number of carboxylic acids is 1. The second kappa shape index (κ2) is 13.5. The van der Waals surface area contributed by atoms with Crippen LogP contribution in [-0.2, 0) is 42.3 Å². The summed E-state index contributed by atoms with van der Waals surface area (Å²) in [6.07, 6.45) is -6.20. The highest BCUT2D eigenvalue weighted by Gasteiger charge is 2.44. The number of aryl methyl sites for hydroxylation is 1. The Morgan fingerprint density at radius 3 is 2.53 bits per heavy atom. The highest BCUT2D eigenvalue weighted by Crippen LogP contribution is 2.34. The molecule has 0 saturated heterocycles. The molecule has 0 amide bonds. The normalized spacial score (nSPS) is 14.2. The zero-order valence-electron chi connectivity index (χ0n) is 21.8. The van der Waals surface area contributed by atoms with Gasteiger partial charge in [-0.25, -0.2) is 19.4 Å². The van der Waals surface area contributed by atoms with E-state index in [4.69, 9.17) is 26.0 Å². The molecule has 2 aromatic rings. The molecule has 3 rings (SSSR count). The maximum atomic E-state index is 13.0. The number of halogens is 3. The van der Waals surface area contributed by atoms with Crippen LogP contribution >= 0.6 is 0 Å². The zero-order chi connectivity index (χ0) is 31.9. The fourth-order valence-corrected chi connectivity index (χ4v) is 4.69. The van der Waals surface area contributed by atoms with Gasteiger partial charge < -0.3 is 30.8 Å². The molecule has 15 nitrogen and oxygen atoms in total. The van der Waals surface area contributed by atoms with Crippen LogP contribution in [-0.4, -0.2) is 62.2 Å². The van der Waals surface area contributed by atoms with Crippen LogP contribution in [0.5, 0.6) is 11.5 Å². The fraction of sp³-hybridized carbons (Fsp3) is 0.292. The summed E-state index contributed by atoms with van der Waals surface area (Å²) < 4.78 is 80.8. The third-order valence-corrected chi connectivity index (χ3v) is 6.62. The average molecular weight is 632 g/mol. The number of aliphatic carboxylic acids is 1. The number of carboxylic acid groups (broad SMARTS) is 1. The number of para-hydroxylation sites is 1. The third-order valence-electron chi connectivity index (χ3n) is 5.50. The van der Waals surface area contributed by atoms with Crippen molar-refractivity contribution in [3.05, 3.63) is 53.1 Å². The number of ether oxygens (including phenoxy) is 3. The number of aliphatic imine (C=N–C) groups is 1. The van der Waals surface area contributed by atoms with Crippen LogP contribution in [0.15, 0.2) is 41.4 Å². The number of carbonyl (C=O) groups excluding carboxylic acids is 3. The van der Waals surface area contributed by atoms with E-state index in [1.165, 1.54) is 30.3 Å². The summed E-state index contributed by atoms with van der Waals surface area (Å²) >= 11 is 0. The molecule has 1 aliphatic rings. The van der Waals surface area contributed by atoms with Crippen molar-refractivity contribution in [3.8, 4) is 11.5 Å². The van der Waals surface area contributed by atoms with Crippen LogP contribution in [0.3, 0.4) is 0 Å². The van der Waals surface area contributed by atoms with E-state index < -0.39 is 59.3 Å². The molecule has 1 heterocycles. The van der Waals surface area contributed by atoms with Gasteiger partial charge in [-0.2, -0.15) is 31.0 Å². The summed E-state index contributed by atoms with van der Waals surface area (Å²) in [6, 6.07) is 6.41. The Morgan fingerprint density at radius 2 is 1.88 bits per heavy atom. The average Bonchev–Trinajstić information content (AvgIpc) is 2.89. The van der Waals surface area contributed by atoms with Gasteiger partial charge in [-0.3, -0.25) is 4.79 Å². The van der Waals surface area contributed by atoms with Crippen LogP contribution < -0.4 is 30.4 Å². The Morgan fingerprint density at radius 1 is 1.16 bits per heavy atom. The van der Waals surface area contributed by atoms with Crippen molar-refractivity contribution in [3.63, 3.8) is 0 Å². The van der Waals surface area contributed by atoms with Gasteiger partial charge in [0.05, 0.1) is 24.3 Å². The molecule has 0 aromatic heterocycles. The number of carbonyl (C=O) groups is 4. The SMILES string of the molecule is NC(N)=Nc1ccc2c(c1)CCCOc1c(CNS(=O)(=O)N[C@@H](CC(=O)O)C(=O)OC(=O)C(F)(F)F)cccc1OC2=O. The molecule has 1 aliphatic heterocycles. The van der Waals surface area contributed by atoms with E-state index in [0.717, 1.165) is 0 Å². The van der Waals surface area contributed by atoms with Crippen molar-refractivity contribution in [2.45, 2.75) is 38.0 Å². The van der Waals surface area contributed by atoms with Gasteiger partial charge in [0, 0.05) is 12.1 Å².